The van der Waals surface area contributed by atoms with E-state index in [2.05, 4.69) is 48.0 Å². The van der Waals surface area contributed by atoms with Crippen molar-refractivity contribution in [2.75, 3.05) is 25.5 Å². The van der Waals surface area contributed by atoms with Crippen molar-refractivity contribution in [3.8, 4) is 0 Å². The van der Waals surface area contributed by atoms with Gasteiger partial charge in [-0.15, -0.1) is 0 Å². The van der Waals surface area contributed by atoms with Gasteiger partial charge in [0.25, 0.3) is 0 Å². The summed E-state index contributed by atoms with van der Waals surface area (Å²) in [5, 5.41) is 3.39. The Labute approximate surface area is 103 Å². The third-order valence-electron chi connectivity index (χ3n) is 3.24. The largest absolute Gasteiger partial charge is 0.350 e. The number of hydrogen-bond donors (Lipinski definition) is 1. The minimum atomic E-state index is 0.117. The number of aromatic nitrogens is 2. The molecule has 0 radical (unpaired) electrons. The van der Waals surface area contributed by atoms with Crippen molar-refractivity contribution < 1.29 is 0 Å². The van der Waals surface area contributed by atoms with E-state index in [4.69, 9.17) is 0 Å². The van der Waals surface area contributed by atoms with Crippen LogP contribution in [0.5, 0.6) is 0 Å². The number of anilines is 1. The van der Waals surface area contributed by atoms with Gasteiger partial charge in [0.05, 0.1) is 0 Å². The minimum absolute atomic E-state index is 0.117. The van der Waals surface area contributed by atoms with Gasteiger partial charge in [0.15, 0.2) is 0 Å². The molecule has 94 valence electrons. The molecule has 1 fully saturated rings. The molecule has 1 aromatic heterocycles. The maximum atomic E-state index is 4.39. The normalized spacial score (nSPS) is 21.8. The molecule has 4 nitrogen and oxygen atoms in total. The molecule has 4 heteroatoms. The van der Waals surface area contributed by atoms with E-state index in [0.29, 0.717) is 6.04 Å². The second-order valence-corrected chi connectivity index (χ2v) is 5.94. The van der Waals surface area contributed by atoms with Gasteiger partial charge in [-0.3, -0.25) is 0 Å². The molecule has 17 heavy (non-hydrogen) atoms. The first-order valence-electron chi connectivity index (χ1n) is 6.23. The van der Waals surface area contributed by atoms with Gasteiger partial charge in [0.2, 0.25) is 5.95 Å². The summed E-state index contributed by atoms with van der Waals surface area (Å²) in [6.07, 6.45) is 5.02. The first-order valence-corrected chi connectivity index (χ1v) is 6.23. The van der Waals surface area contributed by atoms with E-state index in [9.17, 15) is 0 Å². The monoisotopic (exact) mass is 234 g/mol. The fourth-order valence-electron chi connectivity index (χ4n) is 2.03. The summed E-state index contributed by atoms with van der Waals surface area (Å²) in [4.78, 5) is 11.1. The molecule has 1 aliphatic rings. The van der Waals surface area contributed by atoms with Crippen LogP contribution >= 0.6 is 0 Å². The lowest BCUT2D eigenvalue weighted by Gasteiger charge is -2.18. The average Bonchev–Trinajstić information content (AvgIpc) is 2.63. The van der Waals surface area contributed by atoms with Crippen molar-refractivity contribution in [3.05, 3.63) is 18.0 Å². The molecule has 0 saturated carbocycles. The van der Waals surface area contributed by atoms with Crippen LogP contribution in [0.1, 0.15) is 32.8 Å². The van der Waals surface area contributed by atoms with Crippen LogP contribution < -0.4 is 5.32 Å². The van der Waals surface area contributed by atoms with E-state index in [1.165, 1.54) is 12.0 Å². The van der Waals surface area contributed by atoms with Crippen LogP contribution in [0.2, 0.25) is 0 Å². The van der Waals surface area contributed by atoms with Crippen molar-refractivity contribution in [1.82, 2.24) is 14.9 Å². The van der Waals surface area contributed by atoms with Gasteiger partial charge in [-0.2, -0.15) is 0 Å². The molecule has 0 spiro atoms. The third-order valence-corrected chi connectivity index (χ3v) is 3.24. The lowest BCUT2D eigenvalue weighted by atomic mass is 9.89. The Morgan fingerprint density at radius 3 is 2.41 bits per heavy atom. The van der Waals surface area contributed by atoms with Gasteiger partial charge in [0.1, 0.15) is 0 Å². The van der Waals surface area contributed by atoms with Gasteiger partial charge in [0, 0.05) is 25.0 Å². The molecule has 0 aromatic carbocycles. The van der Waals surface area contributed by atoms with Crippen molar-refractivity contribution >= 4 is 5.95 Å². The summed E-state index contributed by atoms with van der Waals surface area (Å²) in [5.74, 6) is 0.748. The zero-order chi connectivity index (χ0) is 12.5. The lowest BCUT2D eigenvalue weighted by molar-refractivity contribution is 0.414. The summed E-state index contributed by atoms with van der Waals surface area (Å²) in [7, 11) is 2.14. The highest BCUT2D eigenvalue weighted by atomic mass is 15.2. The highest BCUT2D eigenvalue weighted by molar-refractivity contribution is 5.29. The summed E-state index contributed by atoms with van der Waals surface area (Å²) < 4.78 is 0. The zero-order valence-electron chi connectivity index (χ0n) is 11.2. The fraction of sp³-hybridized carbons (Fsp3) is 0.692. The predicted octanol–water partition coefficient (Wildman–Crippen LogP) is 1.89. The highest BCUT2D eigenvalue weighted by Crippen LogP contribution is 2.21. The molecule has 1 atom stereocenters. The predicted molar refractivity (Wildman–Crippen MR) is 70.3 cm³/mol. The van der Waals surface area contributed by atoms with Crippen LogP contribution in [-0.2, 0) is 5.41 Å². The lowest BCUT2D eigenvalue weighted by Crippen LogP contribution is -2.24. The Bertz CT molecular complexity index is 366. The minimum Gasteiger partial charge on any atom is -0.350 e. The molecule has 0 bridgehead atoms. The van der Waals surface area contributed by atoms with E-state index in [-0.39, 0.29) is 5.41 Å². The van der Waals surface area contributed by atoms with Crippen molar-refractivity contribution in [2.24, 2.45) is 0 Å². The Kier molecular flexibility index (Phi) is 3.33. The fourth-order valence-corrected chi connectivity index (χ4v) is 2.03. The van der Waals surface area contributed by atoms with E-state index in [1.807, 2.05) is 12.4 Å². The van der Waals surface area contributed by atoms with Crippen LogP contribution in [-0.4, -0.2) is 41.0 Å². The number of likely N-dealkylation sites (N-methyl/N-ethyl adjacent to an activating group) is 1. The van der Waals surface area contributed by atoms with Crippen LogP contribution in [0, 0.1) is 0 Å². The zero-order valence-corrected chi connectivity index (χ0v) is 11.2. The summed E-state index contributed by atoms with van der Waals surface area (Å²) >= 11 is 0. The maximum absolute atomic E-state index is 4.39. The molecule has 2 heterocycles. The summed E-state index contributed by atoms with van der Waals surface area (Å²) in [6, 6.07) is 0.487. The molecule has 0 amide bonds. The van der Waals surface area contributed by atoms with Gasteiger partial charge in [-0.05, 0) is 31.0 Å². The number of hydrogen-bond acceptors (Lipinski definition) is 4. The van der Waals surface area contributed by atoms with Crippen molar-refractivity contribution in [2.45, 2.75) is 38.6 Å². The Morgan fingerprint density at radius 1 is 1.29 bits per heavy atom. The van der Waals surface area contributed by atoms with Gasteiger partial charge in [-0.1, -0.05) is 20.8 Å². The maximum Gasteiger partial charge on any atom is 0.222 e. The number of nitrogens with zero attached hydrogens (tertiary/aromatic N) is 3. The van der Waals surface area contributed by atoms with Crippen LogP contribution in [0.15, 0.2) is 12.4 Å². The molecule has 2 rings (SSSR count). The highest BCUT2D eigenvalue weighted by Gasteiger charge is 2.20. The average molecular weight is 234 g/mol. The van der Waals surface area contributed by atoms with Crippen molar-refractivity contribution in [3.63, 3.8) is 0 Å². The summed E-state index contributed by atoms with van der Waals surface area (Å²) in [5.41, 5.74) is 1.29. The van der Waals surface area contributed by atoms with Crippen molar-refractivity contribution in [1.29, 1.82) is 0 Å². The van der Waals surface area contributed by atoms with Gasteiger partial charge in [-0.25, -0.2) is 9.97 Å². The SMILES string of the molecule is CN1CCC(Nc2ncc(C(C)(C)C)cn2)C1. The van der Waals surface area contributed by atoms with E-state index >= 15 is 0 Å². The number of nitrogens with one attached hydrogen (secondary N) is 1. The standard InChI is InChI=1S/C13H22N4/c1-13(2,3)10-7-14-12(15-8-10)16-11-5-6-17(4)9-11/h7-8,11H,5-6,9H2,1-4H3,(H,14,15,16). The second kappa shape index (κ2) is 4.61. The van der Waals surface area contributed by atoms with Gasteiger partial charge >= 0.3 is 0 Å². The molecular weight excluding hydrogens is 212 g/mol. The summed E-state index contributed by atoms with van der Waals surface area (Å²) in [6.45, 7) is 8.74. The molecule has 1 unspecified atom stereocenters. The Morgan fingerprint density at radius 2 is 1.94 bits per heavy atom. The van der Waals surface area contributed by atoms with Gasteiger partial charge < -0.3 is 10.2 Å². The molecule has 1 saturated heterocycles. The smallest absolute Gasteiger partial charge is 0.222 e. The van der Waals surface area contributed by atoms with E-state index < -0.39 is 0 Å². The quantitative estimate of drug-likeness (QED) is 0.848. The first kappa shape index (κ1) is 12.3. The number of rotatable bonds is 2. The van der Waals surface area contributed by atoms with Crippen LogP contribution in [0.3, 0.4) is 0 Å². The topological polar surface area (TPSA) is 41.0 Å². The van der Waals surface area contributed by atoms with Crippen LogP contribution in [0.25, 0.3) is 0 Å². The Hall–Kier alpha value is -1.16. The second-order valence-electron chi connectivity index (χ2n) is 5.94. The third kappa shape index (κ3) is 3.16. The molecule has 1 aliphatic heterocycles. The number of likely N-dealkylation sites (tertiary alicyclic amines) is 1. The molecule has 1 aromatic rings. The first-order chi connectivity index (χ1) is 7.95. The molecular formula is C13H22N4. The van der Waals surface area contributed by atoms with E-state index in [0.717, 1.165) is 19.0 Å². The molecule has 0 aliphatic carbocycles. The van der Waals surface area contributed by atoms with E-state index in [1.54, 1.807) is 0 Å². The van der Waals surface area contributed by atoms with Crippen LogP contribution in [0.4, 0.5) is 5.95 Å². The molecule has 1 N–H and O–H groups in total. The Balaban J connectivity index is 1.99.